The van der Waals surface area contributed by atoms with E-state index >= 15 is 0 Å². The van der Waals surface area contributed by atoms with Crippen LogP contribution in [0.5, 0.6) is 0 Å². The lowest BCUT2D eigenvalue weighted by Crippen LogP contribution is -2.10. The van der Waals surface area contributed by atoms with Gasteiger partial charge in [0.1, 0.15) is 0 Å². The van der Waals surface area contributed by atoms with Crippen LogP contribution in [0.15, 0.2) is 66.7 Å². The standard InChI is InChI=1S/C16H15N/c1-3-7-13(8-4-1)15-11-16(17-12-15)14-9-5-2-6-10-14/h1-11,15,17H,12H2/t15-/m0/s1. The van der Waals surface area contributed by atoms with Gasteiger partial charge in [0.2, 0.25) is 0 Å². The molecular formula is C16H15N. The lowest BCUT2D eigenvalue weighted by Gasteiger charge is -2.06. The molecule has 0 radical (unpaired) electrons. The Morgan fingerprint density at radius 2 is 1.47 bits per heavy atom. The van der Waals surface area contributed by atoms with Gasteiger partial charge in [0.15, 0.2) is 0 Å². The maximum Gasteiger partial charge on any atom is 0.0380 e. The quantitative estimate of drug-likeness (QED) is 0.819. The van der Waals surface area contributed by atoms with Crippen molar-refractivity contribution in [1.82, 2.24) is 5.32 Å². The molecule has 0 amide bonds. The summed E-state index contributed by atoms with van der Waals surface area (Å²) in [5, 5.41) is 3.48. The number of rotatable bonds is 2. The van der Waals surface area contributed by atoms with Gasteiger partial charge in [-0.15, -0.1) is 0 Å². The SMILES string of the molecule is C1=C(c2ccccc2)NC[C@H]1c1ccccc1. The second kappa shape index (κ2) is 4.46. The lowest BCUT2D eigenvalue weighted by molar-refractivity contribution is 0.819. The first kappa shape index (κ1) is 10.2. The summed E-state index contributed by atoms with van der Waals surface area (Å²) in [6.07, 6.45) is 2.32. The maximum absolute atomic E-state index is 3.48. The summed E-state index contributed by atoms with van der Waals surface area (Å²) in [5.41, 5.74) is 3.90. The Kier molecular flexibility index (Phi) is 2.66. The van der Waals surface area contributed by atoms with Crippen molar-refractivity contribution >= 4 is 5.70 Å². The highest BCUT2D eigenvalue weighted by atomic mass is 14.9. The Morgan fingerprint density at radius 3 is 2.18 bits per heavy atom. The van der Waals surface area contributed by atoms with Crippen LogP contribution in [-0.4, -0.2) is 6.54 Å². The van der Waals surface area contributed by atoms with Crippen LogP contribution < -0.4 is 5.32 Å². The first-order chi connectivity index (χ1) is 8.43. The van der Waals surface area contributed by atoms with E-state index in [0.717, 1.165) is 6.54 Å². The third-order valence-corrected chi connectivity index (χ3v) is 3.19. The number of hydrogen-bond acceptors (Lipinski definition) is 1. The van der Waals surface area contributed by atoms with Gasteiger partial charge in [-0.05, 0) is 11.1 Å². The van der Waals surface area contributed by atoms with Crippen LogP contribution in [0.2, 0.25) is 0 Å². The van der Waals surface area contributed by atoms with Crippen molar-refractivity contribution in [3.05, 3.63) is 77.9 Å². The number of hydrogen-bond donors (Lipinski definition) is 1. The van der Waals surface area contributed by atoms with Gasteiger partial charge in [0, 0.05) is 18.2 Å². The summed E-state index contributed by atoms with van der Waals surface area (Å²) >= 11 is 0. The predicted molar refractivity (Wildman–Crippen MR) is 71.6 cm³/mol. The zero-order valence-electron chi connectivity index (χ0n) is 9.64. The fourth-order valence-electron chi connectivity index (χ4n) is 2.27. The molecule has 0 bridgehead atoms. The van der Waals surface area contributed by atoms with Crippen LogP contribution in [0.25, 0.3) is 5.70 Å². The summed E-state index contributed by atoms with van der Waals surface area (Å²) in [6, 6.07) is 21.1. The molecule has 1 heterocycles. The molecule has 0 saturated heterocycles. The maximum atomic E-state index is 3.48. The van der Waals surface area contributed by atoms with Gasteiger partial charge in [-0.25, -0.2) is 0 Å². The van der Waals surface area contributed by atoms with Gasteiger partial charge in [-0.2, -0.15) is 0 Å². The molecule has 1 heteroatoms. The van der Waals surface area contributed by atoms with Crippen molar-refractivity contribution in [2.45, 2.75) is 5.92 Å². The molecule has 2 aromatic rings. The summed E-state index contributed by atoms with van der Waals surface area (Å²) in [7, 11) is 0. The van der Waals surface area contributed by atoms with Gasteiger partial charge in [-0.1, -0.05) is 66.7 Å². The summed E-state index contributed by atoms with van der Waals surface area (Å²) < 4.78 is 0. The van der Waals surface area contributed by atoms with Crippen molar-refractivity contribution in [2.24, 2.45) is 0 Å². The molecule has 1 atom stereocenters. The average molecular weight is 221 g/mol. The molecule has 1 aliphatic rings. The fourth-order valence-corrected chi connectivity index (χ4v) is 2.27. The monoisotopic (exact) mass is 221 g/mol. The molecule has 1 nitrogen and oxygen atoms in total. The largest absolute Gasteiger partial charge is 0.384 e. The molecule has 84 valence electrons. The van der Waals surface area contributed by atoms with Gasteiger partial charge in [-0.3, -0.25) is 0 Å². The predicted octanol–water partition coefficient (Wildman–Crippen LogP) is 3.41. The van der Waals surface area contributed by atoms with Crippen LogP contribution >= 0.6 is 0 Å². The minimum atomic E-state index is 0.492. The highest BCUT2D eigenvalue weighted by Crippen LogP contribution is 2.26. The van der Waals surface area contributed by atoms with Crippen molar-refractivity contribution in [1.29, 1.82) is 0 Å². The Hall–Kier alpha value is -2.02. The van der Waals surface area contributed by atoms with E-state index in [-0.39, 0.29) is 0 Å². The van der Waals surface area contributed by atoms with Crippen LogP contribution in [0, 0.1) is 0 Å². The highest BCUT2D eigenvalue weighted by Gasteiger charge is 2.17. The molecular weight excluding hydrogens is 206 g/mol. The van der Waals surface area contributed by atoms with E-state index < -0.39 is 0 Å². The van der Waals surface area contributed by atoms with Crippen molar-refractivity contribution < 1.29 is 0 Å². The van der Waals surface area contributed by atoms with E-state index in [1.165, 1.54) is 16.8 Å². The Balaban J connectivity index is 1.87. The Morgan fingerprint density at radius 1 is 0.824 bits per heavy atom. The van der Waals surface area contributed by atoms with E-state index in [4.69, 9.17) is 0 Å². The topological polar surface area (TPSA) is 12.0 Å². The van der Waals surface area contributed by atoms with E-state index in [1.54, 1.807) is 0 Å². The van der Waals surface area contributed by atoms with Crippen molar-refractivity contribution in [2.75, 3.05) is 6.54 Å². The van der Waals surface area contributed by atoms with Crippen LogP contribution in [0.1, 0.15) is 17.0 Å². The second-order valence-electron chi connectivity index (χ2n) is 4.34. The first-order valence-corrected chi connectivity index (χ1v) is 5.99. The molecule has 0 aliphatic carbocycles. The first-order valence-electron chi connectivity index (χ1n) is 5.99. The number of benzene rings is 2. The van der Waals surface area contributed by atoms with E-state index in [2.05, 4.69) is 66.0 Å². The van der Waals surface area contributed by atoms with Crippen LogP contribution in [0.4, 0.5) is 0 Å². The lowest BCUT2D eigenvalue weighted by atomic mass is 10.00. The molecule has 0 spiro atoms. The van der Waals surface area contributed by atoms with E-state index in [9.17, 15) is 0 Å². The van der Waals surface area contributed by atoms with Crippen LogP contribution in [0.3, 0.4) is 0 Å². The molecule has 1 aliphatic heterocycles. The van der Waals surface area contributed by atoms with E-state index in [0.29, 0.717) is 5.92 Å². The normalized spacial score (nSPS) is 18.6. The molecule has 0 aromatic heterocycles. The summed E-state index contributed by atoms with van der Waals surface area (Å²) in [6.45, 7) is 0.994. The zero-order valence-corrected chi connectivity index (χ0v) is 9.64. The summed E-state index contributed by atoms with van der Waals surface area (Å²) in [4.78, 5) is 0. The molecule has 2 aromatic carbocycles. The smallest absolute Gasteiger partial charge is 0.0380 e. The molecule has 1 N–H and O–H groups in total. The third-order valence-electron chi connectivity index (χ3n) is 3.19. The molecule has 0 unspecified atom stereocenters. The minimum Gasteiger partial charge on any atom is -0.384 e. The Labute approximate surface area is 102 Å². The van der Waals surface area contributed by atoms with Gasteiger partial charge >= 0.3 is 0 Å². The minimum absolute atomic E-state index is 0.492. The molecule has 0 fully saturated rings. The van der Waals surface area contributed by atoms with Crippen LogP contribution in [-0.2, 0) is 0 Å². The highest BCUT2D eigenvalue weighted by molar-refractivity contribution is 5.67. The summed E-state index contributed by atoms with van der Waals surface area (Å²) in [5.74, 6) is 0.492. The van der Waals surface area contributed by atoms with Gasteiger partial charge in [0.05, 0.1) is 0 Å². The molecule has 3 rings (SSSR count). The van der Waals surface area contributed by atoms with Gasteiger partial charge in [0.25, 0.3) is 0 Å². The zero-order chi connectivity index (χ0) is 11.5. The van der Waals surface area contributed by atoms with Gasteiger partial charge < -0.3 is 5.32 Å². The second-order valence-corrected chi connectivity index (χ2v) is 4.34. The fraction of sp³-hybridized carbons (Fsp3) is 0.125. The molecule has 0 saturated carbocycles. The number of nitrogens with one attached hydrogen (secondary N) is 1. The third kappa shape index (κ3) is 2.09. The molecule has 17 heavy (non-hydrogen) atoms. The van der Waals surface area contributed by atoms with Crippen molar-refractivity contribution in [3.63, 3.8) is 0 Å². The van der Waals surface area contributed by atoms with Crippen molar-refractivity contribution in [3.8, 4) is 0 Å². The Bertz CT molecular complexity index is 514. The average Bonchev–Trinajstić information content (AvgIpc) is 2.90. The van der Waals surface area contributed by atoms with E-state index in [1.807, 2.05) is 6.07 Å².